The zero-order chi connectivity index (χ0) is 25.6. The van der Waals surface area contributed by atoms with E-state index in [9.17, 15) is 4.79 Å². The maximum absolute atomic E-state index is 12.7. The Balaban J connectivity index is 1.20. The Morgan fingerprint density at radius 2 is 1.30 bits per heavy atom. The lowest BCUT2D eigenvalue weighted by Gasteiger charge is -2.10. The van der Waals surface area contributed by atoms with Gasteiger partial charge in [0.25, 0.3) is 5.91 Å². The number of hydrogen-bond acceptors (Lipinski definition) is 7. The predicted octanol–water partition coefficient (Wildman–Crippen LogP) is 6.29. The van der Waals surface area contributed by atoms with Crippen molar-refractivity contribution in [2.45, 2.75) is 13.8 Å². The van der Waals surface area contributed by atoms with Gasteiger partial charge in [-0.2, -0.15) is 0 Å². The van der Waals surface area contributed by atoms with E-state index in [0.717, 1.165) is 34.0 Å². The van der Waals surface area contributed by atoms with Gasteiger partial charge in [-0.25, -0.2) is 19.9 Å². The molecule has 2 heterocycles. The minimum Gasteiger partial charge on any atom is -0.340 e. The molecule has 0 aliphatic carbocycles. The number of hydrogen-bond donors (Lipinski definition) is 3. The van der Waals surface area contributed by atoms with Gasteiger partial charge in [0.05, 0.1) is 5.69 Å². The minimum absolute atomic E-state index is 0.196. The van der Waals surface area contributed by atoms with E-state index in [-0.39, 0.29) is 5.91 Å². The maximum Gasteiger partial charge on any atom is 0.255 e. The molecule has 0 bridgehead atoms. The van der Waals surface area contributed by atoms with E-state index in [1.54, 1.807) is 12.1 Å². The highest BCUT2D eigenvalue weighted by Crippen LogP contribution is 2.22. The largest absolute Gasteiger partial charge is 0.340 e. The van der Waals surface area contributed by atoms with Gasteiger partial charge < -0.3 is 16.0 Å². The normalized spacial score (nSPS) is 10.5. The first-order valence-electron chi connectivity index (χ1n) is 11.8. The van der Waals surface area contributed by atoms with Crippen LogP contribution in [0.4, 0.5) is 28.8 Å². The quantitative estimate of drug-likeness (QED) is 0.248. The molecule has 2 aromatic heterocycles. The summed E-state index contributed by atoms with van der Waals surface area (Å²) in [6.45, 7) is 3.85. The van der Waals surface area contributed by atoms with Gasteiger partial charge in [-0.15, -0.1) is 0 Å². The highest BCUT2D eigenvalue weighted by molar-refractivity contribution is 6.04. The topological polar surface area (TPSA) is 105 Å². The fourth-order valence-corrected chi connectivity index (χ4v) is 3.80. The number of carbonyl (C=O) groups is 1. The van der Waals surface area contributed by atoms with Crippen molar-refractivity contribution in [1.29, 1.82) is 0 Å². The lowest BCUT2D eigenvalue weighted by atomic mass is 10.1. The molecule has 5 rings (SSSR count). The van der Waals surface area contributed by atoms with Crippen molar-refractivity contribution in [3.05, 3.63) is 114 Å². The molecule has 37 heavy (non-hydrogen) atoms. The first-order chi connectivity index (χ1) is 18.0. The van der Waals surface area contributed by atoms with Crippen molar-refractivity contribution >= 4 is 34.7 Å². The van der Waals surface area contributed by atoms with Crippen molar-refractivity contribution < 1.29 is 4.79 Å². The fourth-order valence-electron chi connectivity index (χ4n) is 3.80. The van der Waals surface area contributed by atoms with Crippen molar-refractivity contribution in [2.24, 2.45) is 0 Å². The summed E-state index contributed by atoms with van der Waals surface area (Å²) < 4.78 is 0. The Labute approximate surface area is 214 Å². The van der Waals surface area contributed by atoms with Crippen LogP contribution in [0.25, 0.3) is 11.3 Å². The Bertz CT molecular complexity index is 1500. The second-order valence-corrected chi connectivity index (χ2v) is 8.49. The molecule has 5 aromatic rings. The van der Waals surface area contributed by atoms with Crippen molar-refractivity contribution in [2.75, 3.05) is 16.0 Å². The Kier molecular flexibility index (Phi) is 6.80. The van der Waals surface area contributed by atoms with E-state index < -0.39 is 0 Å². The number of nitrogens with one attached hydrogen (secondary N) is 3. The molecule has 0 aliphatic rings. The third-order valence-electron chi connectivity index (χ3n) is 5.54. The molecule has 8 heteroatoms. The van der Waals surface area contributed by atoms with Crippen LogP contribution >= 0.6 is 0 Å². The number of anilines is 5. The zero-order valence-electron chi connectivity index (χ0n) is 20.4. The van der Waals surface area contributed by atoms with Gasteiger partial charge in [-0.3, -0.25) is 4.79 Å². The van der Waals surface area contributed by atoms with Crippen molar-refractivity contribution in [1.82, 2.24) is 19.9 Å². The Morgan fingerprint density at radius 1 is 0.676 bits per heavy atom. The molecule has 8 nitrogen and oxygen atoms in total. The number of aromatic nitrogens is 4. The predicted molar refractivity (Wildman–Crippen MR) is 146 cm³/mol. The average molecular weight is 488 g/mol. The summed E-state index contributed by atoms with van der Waals surface area (Å²) in [5.74, 6) is 1.02. The second kappa shape index (κ2) is 10.7. The van der Waals surface area contributed by atoms with Crippen molar-refractivity contribution in [3.63, 3.8) is 0 Å². The molecule has 3 aromatic carbocycles. The number of amides is 1. The fraction of sp³-hybridized carbons (Fsp3) is 0.0690. The Hall–Kier alpha value is -5.11. The highest BCUT2D eigenvalue weighted by atomic mass is 16.1. The first kappa shape index (κ1) is 23.6. The number of carbonyl (C=O) groups excluding carboxylic acids is 1. The summed E-state index contributed by atoms with van der Waals surface area (Å²) in [4.78, 5) is 30.2. The maximum atomic E-state index is 12.7. The summed E-state index contributed by atoms with van der Waals surface area (Å²) in [6.07, 6.45) is 1.54. The van der Waals surface area contributed by atoms with Crippen molar-refractivity contribution in [3.8, 4) is 11.3 Å². The smallest absolute Gasteiger partial charge is 0.255 e. The van der Waals surface area contributed by atoms with E-state index >= 15 is 0 Å². The van der Waals surface area contributed by atoms with Gasteiger partial charge in [0.2, 0.25) is 5.95 Å². The van der Waals surface area contributed by atoms with Crippen LogP contribution < -0.4 is 16.0 Å². The monoisotopic (exact) mass is 487 g/mol. The standard InChI is InChI=1S/C29H25N7O/c1-19-16-20(2)33-29(32-19)36-25-10-8-22(9-11-25)28(37)35-24-14-12-23(13-15-24)34-27-17-26(30-18-31-27)21-6-4-3-5-7-21/h3-18H,1-2H3,(H,35,37)(H,30,31,34)(H,32,33,36). The van der Waals surface area contributed by atoms with Crippen LogP contribution in [0.2, 0.25) is 0 Å². The molecule has 0 radical (unpaired) electrons. The molecule has 0 aliphatic heterocycles. The summed E-state index contributed by atoms with van der Waals surface area (Å²) in [7, 11) is 0. The van der Waals surface area contributed by atoms with Gasteiger partial charge in [0.15, 0.2) is 0 Å². The molecule has 0 fully saturated rings. The Morgan fingerprint density at radius 3 is 2.00 bits per heavy atom. The van der Waals surface area contributed by atoms with Crippen LogP contribution in [0, 0.1) is 13.8 Å². The lowest BCUT2D eigenvalue weighted by molar-refractivity contribution is 0.102. The van der Waals surface area contributed by atoms with Gasteiger partial charge >= 0.3 is 0 Å². The molecule has 0 unspecified atom stereocenters. The minimum atomic E-state index is -0.196. The third kappa shape index (κ3) is 6.12. The van der Waals surface area contributed by atoms with Crippen LogP contribution in [0.1, 0.15) is 21.7 Å². The lowest BCUT2D eigenvalue weighted by Crippen LogP contribution is -2.11. The summed E-state index contributed by atoms with van der Waals surface area (Å²) in [6, 6.07) is 28.4. The van der Waals surface area contributed by atoms with Crippen LogP contribution in [0.15, 0.2) is 97.3 Å². The molecule has 3 N–H and O–H groups in total. The number of aryl methyl sites for hydroxylation is 2. The molecular formula is C29H25N7O. The molecular weight excluding hydrogens is 462 g/mol. The highest BCUT2D eigenvalue weighted by Gasteiger charge is 2.08. The van der Waals surface area contributed by atoms with Gasteiger partial charge in [0.1, 0.15) is 12.1 Å². The van der Waals surface area contributed by atoms with E-state index in [1.165, 1.54) is 6.33 Å². The molecule has 182 valence electrons. The molecule has 0 saturated carbocycles. The third-order valence-corrected chi connectivity index (χ3v) is 5.54. The average Bonchev–Trinajstić information content (AvgIpc) is 2.90. The number of nitrogens with zero attached hydrogens (tertiary/aromatic N) is 4. The SMILES string of the molecule is Cc1cc(C)nc(Nc2ccc(C(=O)Nc3ccc(Nc4cc(-c5ccccc5)ncn4)cc3)cc2)n1. The number of benzene rings is 3. The van der Waals surface area contributed by atoms with Gasteiger partial charge in [-0.1, -0.05) is 30.3 Å². The van der Waals surface area contributed by atoms with Crippen LogP contribution in [-0.2, 0) is 0 Å². The van der Waals surface area contributed by atoms with Crippen LogP contribution in [0.3, 0.4) is 0 Å². The van der Waals surface area contributed by atoms with Gasteiger partial charge in [0, 0.05) is 45.6 Å². The summed E-state index contributed by atoms with van der Waals surface area (Å²) in [5.41, 5.74) is 6.52. The van der Waals surface area contributed by atoms with Crippen LogP contribution in [-0.4, -0.2) is 25.8 Å². The number of rotatable bonds is 7. The van der Waals surface area contributed by atoms with Crippen LogP contribution in [0.5, 0.6) is 0 Å². The summed E-state index contributed by atoms with van der Waals surface area (Å²) >= 11 is 0. The van der Waals surface area contributed by atoms with E-state index in [1.807, 2.05) is 92.7 Å². The van der Waals surface area contributed by atoms with E-state index in [2.05, 4.69) is 35.9 Å². The molecule has 1 amide bonds. The van der Waals surface area contributed by atoms with Gasteiger partial charge in [-0.05, 0) is 68.4 Å². The van der Waals surface area contributed by atoms with E-state index in [4.69, 9.17) is 0 Å². The summed E-state index contributed by atoms with van der Waals surface area (Å²) in [5, 5.41) is 9.38. The second-order valence-electron chi connectivity index (χ2n) is 8.49. The zero-order valence-corrected chi connectivity index (χ0v) is 20.4. The van der Waals surface area contributed by atoms with E-state index in [0.29, 0.717) is 23.0 Å². The molecule has 0 saturated heterocycles. The molecule has 0 spiro atoms. The molecule has 0 atom stereocenters. The first-order valence-corrected chi connectivity index (χ1v) is 11.8.